The number of benzene rings is 1. The van der Waals surface area contributed by atoms with Crippen LogP contribution in [0.4, 0.5) is 10.1 Å². The fraction of sp³-hybridized carbons (Fsp3) is 0.393. The zero-order chi connectivity index (χ0) is 24.0. The molecule has 2 heterocycles. The van der Waals surface area contributed by atoms with Crippen molar-refractivity contribution in [2.24, 2.45) is 10.9 Å². The Bertz CT molecular complexity index is 1220. The van der Waals surface area contributed by atoms with Gasteiger partial charge in [0.1, 0.15) is 11.6 Å². The maximum Gasteiger partial charge on any atom is 0.252 e. The number of allylic oxidation sites excluding steroid dienone is 3. The molecule has 2 unspecified atom stereocenters. The van der Waals surface area contributed by atoms with Crippen LogP contribution >= 0.6 is 0 Å². The number of nitrogens with one attached hydrogen (secondary N) is 1. The van der Waals surface area contributed by atoms with Crippen LogP contribution in [0.1, 0.15) is 74.6 Å². The predicted octanol–water partition coefficient (Wildman–Crippen LogP) is 5.85. The Morgan fingerprint density at radius 3 is 2.50 bits per heavy atom. The zero-order valence-electron chi connectivity index (χ0n) is 20.2. The van der Waals surface area contributed by atoms with E-state index in [1.54, 1.807) is 0 Å². The van der Waals surface area contributed by atoms with Crippen LogP contribution in [-0.4, -0.2) is 23.1 Å². The molecule has 0 radical (unpaired) electrons. The van der Waals surface area contributed by atoms with Gasteiger partial charge in [-0.1, -0.05) is 11.6 Å². The highest BCUT2D eigenvalue weighted by Crippen LogP contribution is 2.56. The van der Waals surface area contributed by atoms with Crippen LogP contribution in [0.25, 0.3) is 0 Å². The van der Waals surface area contributed by atoms with Crippen molar-refractivity contribution in [2.45, 2.75) is 58.4 Å². The number of rotatable bonds is 6. The minimum absolute atomic E-state index is 0.192. The number of pyridine rings is 1. The van der Waals surface area contributed by atoms with Gasteiger partial charge in [0.2, 0.25) is 0 Å². The van der Waals surface area contributed by atoms with Gasteiger partial charge >= 0.3 is 0 Å². The lowest BCUT2D eigenvalue weighted by Gasteiger charge is -2.31. The van der Waals surface area contributed by atoms with Gasteiger partial charge in [-0.15, -0.1) is 0 Å². The summed E-state index contributed by atoms with van der Waals surface area (Å²) in [7, 11) is 0. The normalized spacial score (nSPS) is 21.7. The van der Waals surface area contributed by atoms with E-state index in [2.05, 4.69) is 42.3 Å². The molecule has 5 nitrogen and oxygen atoms in total. The second kappa shape index (κ2) is 8.49. The minimum Gasteiger partial charge on any atom is -0.341 e. The molecular formula is C28H31FN4O. The average molecular weight is 459 g/mol. The first-order valence-electron chi connectivity index (χ1n) is 12.0. The van der Waals surface area contributed by atoms with Crippen molar-refractivity contribution >= 4 is 17.3 Å². The molecule has 3 aliphatic rings. The van der Waals surface area contributed by atoms with Crippen molar-refractivity contribution in [1.29, 1.82) is 0 Å². The highest BCUT2D eigenvalue weighted by atomic mass is 19.1. The van der Waals surface area contributed by atoms with E-state index < -0.39 is 5.54 Å². The molecule has 34 heavy (non-hydrogen) atoms. The van der Waals surface area contributed by atoms with E-state index in [1.165, 1.54) is 29.8 Å². The Morgan fingerprint density at radius 1 is 1.12 bits per heavy atom. The molecule has 6 heteroatoms. The Hall–Kier alpha value is -3.28. The molecule has 2 atom stereocenters. The number of anilines is 1. The number of hydrogen-bond donors (Lipinski definition) is 1. The molecule has 0 spiro atoms. The van der Waals surface area contributed by atoms with E-state index >= 15 is 0 Å². The maximum absolute atomic E-state index is 13.3. The maximum atomic E-state index is 13.3. The molecule has 2 saturated carbocycles. The molecule has 2 fully saturated rings. The third kappa shape index (κ3) is 4.41. The van der Waals surface area contributed by atoms with Crippen LogP contribution in [0, 0.1) is 11.7 Å². The smallest absolute Gasteiger partial charge is 0.252 e. The summed E-state index contributed by atoms with van der Waals surface area (Å²) in [6.45, 7) is 9.15. The quantitative estimate of drug-likeness (QED) is 0.436. The summed E-state index contributed by atoms with van der Waals surface area (Å²) < 4.78 is 13.3. The molecule has 1 aromatic carbocycles. The fourth-order valence-electron chi connectivity index (χ4n) is 4.69. The third-order valence-electron chi connectivity index (χ3n) is 6.76. The third-order valence-corrected chi connectivity index (χ3v) is 6.76. The first kappa shape index (κ1) is 22.5. The SMILES string of the molecule is CC(C)=C/C=C(\N=C(C)C)N1CC2CC2c2nc(C3(NC(=O)c4ccc(F)cc4)CC3)ccc21. The zero-order valence-corrected chi connectivity index (χ0v) is 20.2. The van der Waals surface area contributed by atoms with Gasteiger partial charge in [0.25, 0.3) is 5.91 Å². The van der Waals surface area contributed by atoms with Gasteiger partial charge in [-0.2, -0.15) is 0 Å². The Balaban J connectivity index is 1.45. The number of nitrogens with zero attached hydrogens (tertiary/aromatic N) is 3. The van der Waals surface area contributed by atoms with Crippen molar-refractivity contribution in [1.82, 2.24) is 10.3 Å². The molecule has 1 aromatic heterocycles. The number of aromatic nitrogens is 1. The number of fused-ring (bicyclic) bond motifs is 3. The number of carbonyl (C=O) groups excluding carboxylic acids is 1. The molecule has 2 aliphatic carbocycles. The minimum atomic E-state index is -0.438. The molecule has 0 saturated heterocycles. The topological polar surface area (TPSA) is 57.6 Å². The number of carbonyl (C=O) groups is 1. The molecule has 5 rings (SSSR count). The molecular weight excluding hydrogens is 427 g/mol. The van der Waals surface area contributed by atoms with Crippen molar-refractivity contribution in [3.05, 3.63) is 82.7 Å². The summed E-state index contributed by atoms with van der Waals surface area (Å²) in [5, 5.41) is 3.17. The first-order valence-corrected chi connectivity index (χ1v) is 12.0. The van der Waals surface area contributed by atoms with E-state index in [-0.39, 0.29) is 11.7 Å². The van der Waals surface area contributed by atoms with Crippen LogP contribution in [-0.2, 0) is 5.54 Å². The van der Waals surface area contributed by atoms with Crippen molar-refractivity contribution < 1.29 is 9.18 Å². The van der Waals surface area contributed by atoms with Gasteiger partial charge in [-0.05, 0) is 95.3 Å². The average Bonchev–Trinajstić information content (AvgIpc) is 3.72. The molecule has 2 aromatic rings. The first-order chi connectivity index (χ1) is 16.3. The van der Waals surface area contributed by atoms with Gasteiger partial charge in [-0.25, -0.2) is 9.38 Å². The number of hydrogen-bond acceptors (Lipinski definition) is 4. The molecule has 1 aliphatic heterocycles. The fourth-order valence-corrected chi connectivity index (χ4v) is 4.69. The van der Waals surface area contributed by atoms with Gasteiger partial charge in [0, 0.05) is 23.7 Å². The number of halogens is 1. The predicted molar refractivity (Wildman–Crippen MR) is 134 cm³/mol. The summed E-state index contributed by atoms with van der Waals surface area (Å²) in [6.07, 6.45) is 7.04. The second-order valence-corrected chi connectivity index (χ2v) is 10.2. The van der Waals surface area contributed by atoms with Crippen LogP contribution in [0.3, 0.4) is 0 Å². The monoisotopic (exact) mass is 458 g/mol. The molecule has 176 valence electrons. The Morgan fingerprint density at radius 2 is 1.85 bits per heavy atom. The van der Waals surface area contributed by atoms with Crippen LogP contribution in [0.5, 0.6) is 0 Å². The number of amides is 1. The largest absolute Gasteiger partial charge is 0.341 e. The lowest BCUT2D eigenvalue weighted by Crippen LogP contribution is -2.36. The summed E-state index contributed by atoms with van der Waals surface area (Å²) in [5.41, 5.74) is 5.40. The lowest BCUT2D eigenvalue weighted by molar-refractivity contribution is 0.0929. The van der Waals surface area contributed by atoms with Gasteiger partial charge < -0.3 is 10.2 Å². The van der Waals surface area contributed by atoms with Crippen LogP contribution in [0.2, 0.25) is 0 Å². The number of aliphatic imine (C=N–C) groups is 1. The van der Waals surface area contributed by atoms with Crippen LogP contribution < -0.4 is 10.2 Å². The standard InChI is InChI=1S/C28H31FN4O/c1-17(2)5-12-25(30-18(3)4)33-16-20-15-22(20)26-23(33)10-11-24(31-26)28(13-14-28)32-27(34)19-6-8-21(29)9-7-19/h5-12,20,22H,13-16H2,1-4H3,(H,32,34)/b25-12+. The lowest BCUT2D eigenvalue weighted by atomic mass is 10.0. The molecule has 1 amide bonds. The van der Waals surface area contributed by atoms with Gasteiger partial charge in [0.15, 0.2) is 0 Å². The summed E-state index contributed by atoms with van der Waals surface area (Å²) in [4.78, 5) is 25.1. The summed E-state index contributed by atoms with van der Waals surface area (Å²) in [5.74, 6) is 1.46. The second-order valence-electron chi connectivity index (χ2n) is 10.2. The highest BCUT2D eigenvalue weighted by molar-refractivity contribution is 5.95. The molecule has 1 N–H and O–H groups in total. The summed E-state index contributed by atoms with van der Waals surface area (Å²) in [6, 6.07) is 9.86. The molecule has 0 bridgehead atoms. The van der Waals surface area contributed by atoms with Crippen molar-refractivity contribution in [2.75, 3.05) is 11.4 Å². The van der Waals surface area contributed by atoms with Crippen LogP contribution in [0.15, 0.2) is 64.9 Å². The van der Waals surface area contributed by atoms with E-state index in [0.29, 0.717) is 17.4 Å². The highest BCUT2D eigenvalue weighted by Gasteiger charge is 2.51. The van der Waals surface area contributed by atoms with E-state index in [4.69, 9.17) is 9.98 Å². The summed E-state index contributed by atoms with van der Waals surface area (Å²) >= 11 is 0. The Kier molecular flexibility index (Phi) is 5.62. The Labute approximate surface area is 200 Å². The van der Waals surface area contributed by atoms with Gasteiger partial charge in [-0.3, -0.25) is 9.78 Å². The van der Waals surface area contributed by atoms with Crippen molar-refractivity contribution in [3.8, 4) is 0 Å². The van der Waals surface area contributed by atoms with E-state index in [0.717, 1.165) is 54.4 Å². The van der Waals surface area contributed by atoms with Crippen molar-refractivity contribution in [3.63, 3.8) is 0 Å². The van der Waals surface area contributed by atoms with Gasteiger partial charge in [0.05, 0.1) is 22.6 Å². The van der Waals surface area contributed by atoms with E-state index in [1.807, 2.05) is 19.9 Å². The van der Waals surface area contributed by atoms with E-state index in [9.17, 15) is 9.18 Å².